The van der Waals surface area contributed by atoms with Crippen molar-refractivity contribution in [2.45, 2.75) is 19.9 Å². The number of hydrogen-bond acceptors (Lipinski definition) is 5. The number of esters is 1. The van der Waals surface area contributed by atoms with E-state index in [-0.39, 0.29) is 19.6 Å². The van der Waals surface area contributed by atoms with Gasteiger partial charge in [0, 0.05) is 0 Å². The van der Waals surface area contributed by atoms with Crippen molar-refractivity contribution in [1.82, 2.24) is 10.3 Å². The molecule has 1 heterocycles. The fourth-order valence-electron chi connectivity index (χ4n) is 1.58. The number of rotatable bonds is 5. The van der Waals surface area contributed by atoms with E-state index in [1.54, 1.807) is 13.0 Å². The zero-order valence-corrected chi connectivity index (χ0v) is 10.5. The molecule has 0 spiro atoms. The summed E-state index contributed by atoms with van der Waals surface area (Å²) in [5.74, 6) is -0.559. The van der Waals surface area contributed by atoms with Gasteiger partial charge in [0.25, 0.3) is 0 Å². The van der Waals surface area contributed by atoms with Crippen molar-refractivity contribution in [1.29, 1.82) is 0 Å². The number of oxazole rings is 1. The summed E-state index contributed by atoms with van der Waals surface area (Å²) in [6.07, 6.45) is -0.298. The summed E-state index contributed by atoms with van der Waals surface area (Å²) in [7, 11) is 0. The molecule has 1 aromatic heterocycles. The molecule has 100 valence electrons. The number of carbonyl (C=O) groups is 2. The lowest BCUT2D eigenvalue weighted by Crippen LogP contribution is -2.26. The highest BCUT2D eigenvalue weighted by atomic mass is 16.5. The first-order valence-corrected chi connectivity index (χ1v) is 5.96. The number of carbonyl (C=O) groups excluding carboxylic acids is 2. The van der Waals surface area contributed by atoms with Gasteiger partial charge < -0.3 is 14.5 Å². The third kappa shape index (κ3) is 3.54. The number of ether oxygens (including phenoxy) is 1. The molecule has 2 rings (SSSR count). The molecule has 0 fully saturated rings. The molecule has 1 aromatic carbocycles. The standard InChI is InChI=1S/C13H14N2O4/c1-2-18-13(17)7-11(16)14-8-12-15-9-5-3-4-6-10(9)19-12/h3-6H,2,7-8H2,1H3,(H,14,16). The zero-order valence-electron chi connectivity index (χ0n) is 10.5. The molecule has 0 atom stereocenters. The Hall–Kier alpha value is -2.37. The predicted molar refractivity (Wildman–Crippen MR) is 67.1 cm³/mol. The lowest BCUT2D eigenvalue weighted by molar-refractivity contribution is -0.146. The second-order valence-electron chi connectivity index (χ2n) is 3.83. The molecule has 6 heteroatoms. The minimum Gasteiger partial charge on any atom is -0.466 e. The SMILES string of the molecule is CCOC(=O)CC(=O)NCc1nc2ccccc2o1. The second kappa shape index (κ2) is 5.99. The Morgan fingerprint density at radius 3 is 2.89 bits per heavy atom. The summed E-state index contributed by atoms with van der Waals surface area (Å²) in [4.78, 5) is 26.7. The van der Waals surface area contributed by atoms with Crippen LogP contribution in [0.3, 0.4) is 0 Å². The monoisotopic (exact) mass is 262 g/mol. The van der Waals surface area contributed by atoms with Gasteiger partial charge in [0.2, 0.25) is 11.8 Å². The normalized spacial score (nSPS) is 10.4. The highest BCUT2D eigenvalue weighted by Crippen LogP contribution is 2.14. The summed E-state index contributed by atoms with van der Waals surface area (Å²) in [5, 5.41) is 2.55. The summed E-state index contributed by atoms with van der Waals surface area (Å²) in [6, 6.07) is 7.32. The summed E-state index contributed by atoms with van der Waals surface area (Å²) >= 11 is 0. The fraction of sp³-hybridized carbons (Fsp3) is 0.308. The van der Waals surface area contributed by atoms with Crippen LogP contribution in [0.15, 0.2) is 28.7 Å². The number of fused-ring (bicyclic) bond motifs is 1. The smallest absolute Gasteiger partial charge is 0.315 e. The second-order valence-corrected chi connectivity index (χ2v) is 3.83. The van der Waals surface area contributed by atoms with Crippen LogP contribution in [-0.4, -0.2) is 23.5 Å². The van der Waals surface area contributed by atoms with Gasteiger partial charge in [-0.1, -0.05) is 12.1 Å². The first-order chi connectivity index (χ1) is 9.19. The Morgan fingerprint density at radius 1 is 1.37 bits per heavy atom. The summed E-state index contributed by atoms with van der Waals surface area (Å²) < 4.78 is 10.1. The van der Waals surface area contributed by atoms with Crippen molar-refractivity contribution in [3.05, 3.63) is 30.2 Å². The molecule has 0 saturated heterocycles. The summed E-state index contributed by atoms with van der Waals surface area (Å²) in [6.45, 7) is 2.10. The fourth-order valence-corrected chi connectivity index (χ4v) is 1.58. The van der Waals surface area contributed by atoms with Gasteiger partial charge in [-0.25, -0.2) is 4.98 Å². The van der Waals surface area contributed by atoms with E-state index in [1.165, 1.54) is 0 Å². The maximum absolute atomic E-state index is 11.4. The molecule has 1 amide bonds. The molecule has 0 radical (unpaired) electrons. The molecule has 0 saturated carbocycles. The van der Waals surface area contributed by atoms with E-state index in [0.717, 1.165) is 5.52 Å². The lowest BCUT2D eigenvalue weighted by Gasteiger charge is -2.02. The van der Waals surface area contributed by atoms with Gasteiger partial charge in [-0.2, -0.15) is 0 Å². The lowest BCUT2D eigenvalue weighted by atomic mass is 10.3. The molecule has 0 bridgehead atoms. The van der Waals surface area contributed by atoms with Crippen LogP contribution >= 0.6 is 0 Å². The zero-order chi connectivity index (χ0) is 13.7. The number of benzene rings is 1. The van der Waals surface area contributed by atoms with Gasteiger partial charge in [-0.05, 0) is 19.1 Å². The number of nitrogens with one attached hydrogen (secondary N) is 1. The first kappa shape index (κ1) is 13.1. The van der Waals surface area contributed by atoms with Crippen LogP contribution in [-0.2, 0) is 20.9 Å². The average Bonchev–Trinajstić information content (AvgIpc) is 2.79. The molecular formula is C13H14N2O4. The minimum atomic E-state index is -0.544. The van der Waals surface area contributed by atoms with E-state index in [2.05, 4.69) is 15.0 Å². The third-order valence-corrected chi connectivity index (χ3v) is 2.39. The van der Waals surface area contributed by atoms with Crippen LogP contribution < -0.4 is 5.32 Å². The number of hydrogen-bond donors (Lipinski definition) is 1. The van der Waals surface area contributed by atoms with Crippen LogP contribution in [0.25, 0.3) is 11.1 Å². The molecule has 0 aliphatic carbocycles. The Bertz CT molecular complexity index is 558. The molecule has 0 aliphatic rings. The molecule has 1 N–H and O–H groups in total. The number of para-hydroxylation sites is 2. The van der Waals surface area contributed by atoms with Gasteiger partial charge in [-0.3, -0.25) is 9.59 Å². The Kier molecular flexibility index (Phi) is 4.12. The maximum Gasteiger partial charge on any atom is 0.315 e. The predicted octanol–water partition coefficient (Wildman–Crippen LogP) is 1.40. The van der Waals surface area contributed by atoms with Crippen molar-refractivity contribution in [2.24, 2.45) is 0 Å². The van der Waals surface area contributed by atoms with Gasteiger partial charge >= 0.3 is 5.97 Å². The van der Waals surface area contributed by atoms with Crippen molar-refractivity contribution < 1.29 is 18.7 Å². The van der Waals surface area contributed by atoms with E-state index < -0.39 is 11.9 Å². The van der Waals surface area contributed by atoms with Gasteiger partial charge in [0.05, 0.1) is 13.2 Å². The van der Waals surface area contributed by atoms with E-state index in [0.29, 0.717) is 11.5 Å². The van der Waals surface area contributed by atoms with Crippen molar-refractivity contribution in [2.75, 3.05) is 6.61 Å². The Labute approximate surface area is 109 Å². The van der Waals surface area contributed by atoms with Crippen molar-refractivity contribution >= 4 is 23.0 Å². The number of aromatic nitrogens is 1. The molecule has 19 heavy (non-hydrogen) atoms. The highest BCUT2D eigenvalue weighted by molar-refractivity contribution is 5.94. The van der Waals surface area contributed by atoms with Gasteiger partial charge in [0.15, 0.2) is 5.58 Å². The van der Waals surface area contributed by atoms with Crippen molar-refractivity contribution in [3.8, 4) is 0 Å². The Balaban J connectivity index is 1.88. The first-order valence-electron chi connectivity index (χ1n) is 5.96. The minimum absolute atomic E-state index is 0.146. The van der Waals surface area contributed by atoms with Gasteiger partial charge in [-0.15, -0.1) is 0 Å². The quantitative estimate of drug-likeness (QED) is 0.650. The average molecular weight is 262 g/mol. The van der Waals surface area contributed by atoms with Gasteiger partial charge in [0.1, 0.15) is 11.9 Å². The van der Waals surface area contributed by atoms with Crippen LogP contribution in [0.2, 0.25) is 0 Å². The molecule has 0 aliphatic heterocycles. The molecule has 2 aromatic rings. The Morgan fingerprint density at radius 2 is 2.16 bits per heavy atom. The number of amides is 1. The van der Waals surface area contributed by atoms with E-state index >= 15 is 0 Å². The van der Waals surface area contributed by atoms with Crippen LogP contribution in [0, 0.1) is 0 Å². The summed E-state index contributed by atoms with van der Waals surface area (Å²) in [5.41, 5.74) is 1.40. The molecule has 6 nitrogen and oxygen atoms in total. The highest BCUT2D eigenvalue weighted by Gasteiger charge is 2.11. The van der Waals surface area contributed by atoms with Crippen molar-refractivity contribution in [3.63, 3.8) is 0 Å². The van der Waals surface area contributed by atoms with Crippen LogP contribution in [0.5, 0.6) is 0 Å². The van der Waals surface area contributed by atoms with E-state index in [1.807, 2.05) is 18.2 Å². The van der Waals surface area contributed by atoms with E-state index in [4.69, 9.17) is 4.42 Å². The van der Waals surface area contributed by atoms with Crippen LogP contribution in [0.4, 0.5) is 0 Å². The topological polar surface area (TPSA) is 81.4 Å². The molecular weight excluding hydrogens is 248 g/mol. The third-order valence-electron chi connectivity index (χ3n) is 2.39. The van der Waals surface area contributed by atoms with Crippen LogP contribution in [0.1, 0.15) is 19.2 Å². The maximum atomic E-state index is 11.4. The molecule has 0 unspecified atom stereocenters. The number of nitrogens with zero attached hydrogens (tertiary/aromatic N) is 1. The largest absolute Gasteiger partial charge is 0.466 e. The van der Waals surface area contributed by atoms with E-state index in [9.17, 15) is 9.59 Å².